The minimum absolute atomic E-state index is 0.774. The molecule has 132 valence electrons. The fourth-order valence-corrected chi connectivity index (χ4v) is 3.95. The third-order valence-electron chi connectivity index (χ3n) is 4.63. The second-order valence-corrected chi connectivity index (χ2v) is 7.29. The fourth-order valence-electron chi connectivity index (χ4n) is 3.20. The van der Waals surface area contributed by atoms with Gasteiger partial charge in [0.2, 0.25) is 0 Å². The molecule has 1 N–H and O–H groups in total. The molecular weight excluding hydrogens is 320 g/mol. The molecule has 0 unspecified atom stereocenters. The van der Waals surface area contributed by atoms with Crippen LogP contribution < -0.4 is 5.32 Å². The Kier molecular flexibility index (Phi) is 6.69. The van der Waals surface area contributed by atoms with Crippen LogP contribution in [0.3, 0.4) is 0 Å². The molecule has 3 rings (SSSR count). The van der Waals surface area contributed by atoms with Crippen molar-refractivity contribution in [3.05, 3.63) is 34.0 Å². The maximum Gasteiger partial charge on any atom is 0.193 e. The van der Waals surface area contributed by atoms with Crippen molar-refractivity contribution in [1.82, 2.24) is 15.1 Å². The molecule has 0 amide bonds. The maximum atomic E-state index is 5.36. The zero-order chi connectivity index (χ0) is 16.6. The summed E-state index contributed by atoms with van der Waals surface area (Å²) in [5, 5.41) is 5.68. The number of thiophene rings is 1. The number of guanidine groups is 1. The Hall–Kier alpha value is -1.37. The van der Waals surface area contributed by atoms with Crippen LogP contribution in [0.2, 0.25) is 0 Å². The topological polar surface area (TPSA) is 40.1 Å². The first-order chi connectivity index (χ1) is 11.8. The van der Waals surface area contributed by atoms with Gasteiger partial charge in [-0.1, -0.05) is 17.7 Å². The molecule has 0 saturated carbocycles. The summed E-state index contributed by atoms with van der Waals surface area (Å²) in [6.45, 7) is 7.95. The van der Waals surface area contributed by atoms with Crippen LogP contribution in [0.25, 0.3) is 0 Å². The van der Waals surface area contributed by atoms with E-state index in [4.69, 9.17) is 4.74 Å². The van der Waals surface area contributed by atoms with Gasteiger partial charge in [0.1, 0.15) is 0 Å². The van der Waals surface area contributed by atoms with E-state index in [9.17, 15) is 0 Å². The van der Waals surface area contributed by atoms with Crippen molar-refractivity contribution in [2.24, 2.45) is 4.99 Å². The van der Waals surface area contributed by atoms with Crippen molar-refractivity contribution in [3.8, 4) is 0 Å². The van der Waals surface area contributed by atoms with Gasteiger partial charge in [0, 0.05) is 51.2 Å². The number of rotatable bonds is 5. The molecule has 0 spiro atoms. The highest BCUT2D eigenvalue weighted by Crippen LogP contribution is 2.14. The molecule has 0 aliphatic carbocycles. The molecule has 1 saturated heterocycles. The van der Waals surface area contributed by atoms with Gasteiger partial charge in [-0.2, -0.15) is 0 Å². The van der Waals surface area contributed by atoms with Gasteiger partial charge in [-0.25, -0.2) is 0 Å². The molecule has 1 aromatic rings. The number of nitrogens with zero attached hydrogens (tertiary/aromatic N) is 3. The van der Waals surface area contributed by atoms with Crippen molar-refractivity contribution in [3.63, 3.8) is 0 Å². The van der Waals surface area contributed by atoms with Gasteiger partial charge in [0.15, 0.2) is 5.96 Å². The van der Waals surface area contributed by atoms with Gasteiger partial charge < -0.3 is 15.0 Å². The second kappa shape index (κ2) is 9.20. The number of hydrogen-bond donors (Lipinski definition) is 1. The van der Waals surface area contributed by atoms with E-state index in [0.29, 0.717) is 0 Å². The van der Waals surface area contributed by atoms with Crippen molar-refractivity contribution in [2.45, 2.75) is 19.4 Å². The number of aliphatic imine (C=N–C) groups is 1. The first-order valence-electron chi connectivity index (χ1n) is 8.81. The smallest absolute Gasteiger partial charge is 0.193 e. The summed E-state index contributed by atoms with van der Waals surface area (Å²) in [5.41, 5.74) is 1.50. The highest BCUT2D eigenvalue weighted by molar-refractivity contribution is 7.09. The van der Waals surface area contributed by atoms with E-state index in [1.54, 1.807) is 0 Å². The summed E-state index contributed by atoms with van der Waals surface area (Å²) in [5.74, 6) is 1.04. The first-order valence-corrected chi connectivity index (χ1v) is 9.69. The number of nitrogens with one attached hydrogen (secondary N) is 1. The van der Waals surface area contributed by atoms with Gasteiger partial charge in [0.05, 0.1) is 13.2 Å². The molecule has 5 nitrogen and oxygen atoms in total. The Bertz CT molecular complexity index is 547. The molecule has 0 bridgehead atoms. The maximum absolute atomic E-state index is 5.36. The van der Waals surface area contributed by atoms with E-state index >= 15 is 0 Å². The lowest BCUT2D eigenvalue weighted by Crippen LogP contribution is -2.52. The monoisotopic (exact) mass is 348 g/mol. The lowest BCUT2D eigenvalue weighted by Gasteiger charge is -2.36. The van der Waals surface area contributed by atoms with E-state index in [1.807, 2.05) is 18.4 Å². The van der Waals surface area contributed by atoms with Crippen LogP contribution in [0.1, 0.15) is 17.7 Å². The molecule has 6 heteroatoms. The summed E-state index contributed by atoms with van der Waals surface area (Å²) in [6.07, 6.45) is 4.37. The van der Waals surface area contributed by atoms with E-state index in [2.05, 4.69) is 43.7 Å². The molecule has 2 aliphatic rings. The Morgan fingerprint density at radius 3 is 2.88 bits per heavy atom. The quantitative estimate of drug-likeness (QED) is 0.503. The lowest BCUT2D eigenvalue weighted by molar-refractivity contribution is 0.153. The van der Waals surface area contributed by atoms with Crippen LogP contribution >= 0.6 is 11.3 Å². The summed E-state index contributed by atoms with van der Waals surface area (Å²) < 4.78 is 5.36. The van der Waals surface area contributed by atoms with Gasteiger partial charge >= 0.3 is 0 Å². The molecule has 0 atom stereocenters. The number of ether oxygens (including phenoxy) is 1. The Morgan fingerprint density at radius 1 is 1.33 bits per heavy atom. The van der Waals surface area contributed by atoms with Crippen LogP contribution in [0.5, 0.6) is 0 Å². The zero-order valence-electron chi connectivity index (χ0n) is 14.5. The largest absolute Gasteiger partial charge is 0.377 e. The van der Waals surface area contributed by atoms with Crippen LogP contribution in [0, 0.1) is 0 Å². The number of piperazine rings is 1. The van der Waals surface area contributed by atoms with Crippen molar-refractivity contribution < 1.29 is 4.74 Å². The SMILES string of the molecule is CN=C(NCCC1=CCOCC1)N1CCN(Cc2cccs2)CC1. The minimum atomic E-state index is 0.774. The van der Waals surface area contributed by atoms with Crippen LogP contribution in [0.4, 0.5) is 0 Å². The summed E-state index contributed by atoms with van der Waals surface area (Å²) in [4.78, 5) is 10.8. The standard InChI is InChI=1S/C18H28N4OS/c1-19-18(20-7-4-16-5-12-23-13-6-16)22-10-8-21(9-11-22)15-17-3-2-14-24-17/h2-3,5,14H,4,6-13,15H2,1H3,(H,19,20). The van der Waals surface area contributed by atoms with Crippen LogP contribution in [-0.4, -0.2) is 68.7 Å². The molecule has 2 aliphatic heterocycles. The average Bonchev–Trinajstić information content (AvgIpc) is 3.14. The molecule has 1 aromatic heterocycles. The molecule has 24 heavy (non-hydrogen) atoms. The number of hydrogen-bond acceptors (Lipinski definition) is 4. The summed E-state index contributed by atoms with van der Waals surface area (Å²) >= 11 is 1.85. The van der Waals surface area contributed by atoms with Gasteiger partial charge in [-0.3, -0.25) is 9.89 Å². The van der Waals surface area contributed by atoms with Gasteiger partial charge in [0.25, 0.3) is 0 Å². The zero-order valence-corrected chi connectivity index (χ0v) is 15.4. The molecule has 0 aromatic carbocycles. The second-order valence-electron chi connectivity index (χ2n) is 6.25. The van der Waals surface area contributed by atoms with Crippen molar-refractivity contribution >= 4 is 17.3 Å². The minimum Gasteiger partial charge on any atom is -0.377 e. The Labute approximate surface area is 149 Å². The highest BCUT2D eigenvalue weighted by Gasteiger charge is 2.19. The normalized spacial score (nSPS) is 20.1. The molecule has 3 heterocycles. The van der Waals surface area contributed by atoms with Crippen LogP contribution in [-0.2, 0) is 11.3 Å². The Balaban J connectivity index is 1.39. The molecule has 0 radical (unpaired) electrons. The average molecular weight is 349 g/mol. The van der Waals surface area contributed by atoms with Crippen molar-refractivity contribution in [2.75, 3.05) is 53.0 Å². The Morgan fingerprint density at radius 2 is 2.21 bits per heavy atom. The highest BCUT2D eigenvalue weighted by atomic mass is 32.1. The van der Waals surface area contributed by atoms with E-state index in [0.717, 1.165) is 71.3 Å². The summed E-state index contributed by atoms with van der Waals surface area (Å²) in [6, 6.07) is 4.36. The van der Waals surface area contributed by atoms with Gasteiger partial charge in [-0.05, 0) is 24.3 Å². The lowest BCUT2D eigenvalue weighted by atomic mass is 10.1. The van der Waals surface area contributed by atoms with Crippen LogP contribution in [0.15, 0.2) is 34.2 Å². The van der Waals surface area contributed by atoms with E-state index in [-0.39, 0.29) is 0 Å². The van der Waals surface area contributed by atoms with Gasteiger partial charge in [-0.15, -0.1) is 11.3 Å². The first kappa shape index (κ1) is 17.5. The predicted molar refractivity (Wildman–Crippen MR) is 101 cm³/mol. The van der Waals surface area contributed by atoms with Crippen molar-refractivity contribution in [1.29, 1.82) is 0 Å². The third kappa shape index (κ3) is 5.06. The summed E-state index contributed by atoms with van der Waals surface area (Å²) in [7, 11) is 1.88. The van der Waals surface area contributed by atoms with E-state index in [1.165, 1.54) is 10.5 Å². The third-order valence-corrected chi connectivity index (χ3v) is 5.49. The fraction of sp³-hybridized carbons (Fsp3) is 0.611. The predicted octanol–water partition coefficient (Wildman–Crippen LogP) is 2.18. The molecular formula is C18H28N4OS. The molecule has 1 fully saturated rings. The van der Waals surface area contributed by atoms with E-state index < -0.39 is 0 Å².